The molecule has 0 aromatic heterocycles. The number of hydrogen-bond acceptors (Lipinski definition) is 4. The Labute approximate surface area is 174 Å². The molecule has 0 aliphatic carbocycles. The van der Waals surface area contributed by atoms with Crippen LogP contribution < -0.4 is 4.74 Å². The Kier molecular flexibility index (Phi) is 7.67. The van der Waals surface area contributed by atoms with Crippen LogP contribution in [0.15, 0.2) is 54.6 Å². The number of hydrogen-bond donors (Lipinski definition) is 0. The molecule has 2 aromatic rings. The van der Waals surface area contributed by atoms with Crippen molar-refractivity contribution in [1.29, 1.82) is 0 Å². The van der Waals surface area contributed by atoms with E-state index in [1.807, 2.05) is 24.3 Å². The molecule has 5 heteroatoms. The molecule has 0 spiro atoms. The number of carbonyl (C=O) groups excluding carboxylic acids is 1. The van der Waals surface area contributed by atoms with E-state index in [2.05, 4.69) is 42.2 Å². The summed E-state index contributed by atoms with van der Waals surface area (Å²) in [5, 5.41) is 1.59. The van der Waals surface area contributed by atoms with Crippen LogP contribution in [0.25, 0.3) is 0 Å². The summed E-state index contributed by atoms with van der Waals surface area (Å²) in [4.78, 5) is 20.8. The molecular weight excluding hydrogens is 364 g/mol. The van der Waals surface area contributed by atoms with Crippen LogP contribution in [0.1, 0.15) is 31.4 Å². The van der Waals surface area contributed by atoms with E-state index in [4.69, 9.17) is 9.57 Å². The van der Waals surface area contributed by atoms with Crippen LogP contribution in [-0.4, -0.2) is 48.7 Å². The Morgan fingerprint density at radius 1 is 1.14 bits per heavy atom. The number of piperidine rings is 1. The lowest BCUT2D eigenvalue weighted by molar-refractivity contribution is -0.214. The smallest absolute Gasteiger partial charge is 0.243 e. The highest BCUT2D eigenvalue weighted by Gasteiger charge is 2.33. The lowest BCUT2D eigenvalue weighted by Crippen LogP contribution is -2.51. The SMILES string of the molecule is COc1ccccc1CON(C(C)=O)C1CCN(CCc2ccccc2)CC1C. The Hall–Kier alpha value is -2.37. The van der Waals surface area contributed by atoms with Crippen molar-refractivity contribution in [3.8, 4) is 5.75 Å². The van der Waals surface area contributed by atoms with Gasteiger partial charge in [0.05, 0.1) is 13.2 Å². The summed E-state index contributed by atoms with van der Waals surface area (Å²) < 4.78 is 5.39. The topological polar surface area (TPSA) is 42.0 Å². The van der Waals surface area contributed by atoms with Crippen molar-refractivity contribution in [3.63, 3.8) is 0 Å². The van der Waals surface area contributed by atoms with E-state index in [0.29, 0.717) is 12.5 Å². The first kappa shape index (κ1) is 21.3. The van der Waals surface area contributed by atoms with Gasteiger partial charge in [-0.25, -0.2) is 5.06 Å². The Morgan fingerprint density at radius 2 is 1.86 bits per heavy atom. The number of para-hydroxylation sites is 1. The van der Waals surface area contributed by atoms with Crippen LogP contribution in [0, 0.1) is 5.92 Å². The quantitative estimate of drug-likeness (QED) is 0.634. The van der Waals surface area contributed by atoms with Crippen molar-refractivity contribution in [2.75, 3.05) is 26.7 Å². The molecule has 2 unspecified atom stereocenters. The minimum Gasteiger partial charge on any atom is -0.496 e. The van der Waals surface area contributed by atoms with Crippen molar-refractivity contribution in [3.05, 3.63) is 65.7 Å². The molecule has 156 valence electrons. The van der Waals surface area contributed by atoms with Crippen LogP contribution in [0.5, 0.6) is 5.75 Å². The first-order valence-corrected chi connectivity index (χ1v) is 10.4. The number of ether oxygens (including phenoxy) is 1. The number of likely N-dealkylation sites (tertiary alicyclic amines) is 1. The summed E-state index contributed by atoms with van der Waals surface area (Å²) >= 11 is 0. The number of rotatable bonds is 8. The van der Waals surface area contributed by atoms with Crippen LogP contribution >= 0.6 is 0 Å². The standard InChI is InChI=1S/C24H32N2O3/c1-19-17-25(15-13-21-9-5-4-6-10-21)16-14-23(19)26(20(2)27)29-18-22-11-7-8-12-24(22)28-3/h4-12,19,23H,13-18H2,1-3H3. The lowest BCUT2D eigenvalue weighted by atomic mass is 9.93. The van der Waals surface area contributed by atoms with Crippen LogP contribution in [0.2, 0.25) is 0 Å². The van der Waals surface area contributed by atoms with Crippen LogP contribution in [0.4, 0.5) is 0 Å². The number of nitrogens with zero attached hydrogens (tertiary/aromatic N) is 2. The summed E-state index contributed by atoms with van der Waals surface area (Å²) in [6.45, 7) is 7.11. The second-order valence-corrected chi connectivity index (χ2v) is 7.80. The minimum absolute atomic E-state index is 0.0468. The van der Waals surface area contributed by atoms with Crippen molar-refractivity contribution >= 4 is 5.91 Å². The maximum atomic E-state index is 12.3. The third-order valence-electron chi connectivity index (χ3n) is 5.67. The van der Waals surface area contributed by atoms with Gasteiger partial charge in [0, 0.05) is 32.1 Å². The van der Waals surface area contributed by atoms with Crippen molar-refractivity contribution in [2.24, 2.45) is 5.92 Å². The maximum Gasteiger partial charge on any atom is 0.243 e. The fourth-order valence-corrected chi connectivity index (χ4v) is 4.08. The summed E-state index contributed by atoms with van der Waals surface area (Å²) in [7, 11) is 1.65. The number of methoxy groups -OCH3 is 1. The first-order valence-electron chi connectivity index (χ1n) is 10.4. The average Bonchev–Trinajstić information content (AvgIpc) is 2.74. The van der Waals surface area contributed by atoms with E-state index < -0.39 is 0 Å². The monoisotopic (exact) mass is 396 g/mol. The van der Waals surface area contributed by atoms with Gasteiger partial charge in [-0.3, -0.25) is 9.63 Å². The molecule has 1 aliphatic rings. The molecule has 1 saturated heterocycles. The van der Waals surface area contributed by atoms with E-state index in [1.165, 1.54) is 5.56 Å². The molecule has 1 heterocycles. The highest BCUT2D eigenvalue weighted by Crippen LogP contribution is 2.25. The summed E-state index contributed by atoms with van der Waals surface area (Å²) in [6, 6.07) is 18.4. The summed E-state index contributed by atoms with van der Waals surface area (Å²) in [6.07, 6.45) is 1.97. The van der Waals surface area contributed by atoms with Gasteiger partial charge < -0.3 is 9.64 Å². The van der Waals surface area contributed by atoms with E-state index >= 15 is 0 Å². The van der Waals surface area contributed by atoms with Crippen molar-refractivity contribution in [1.82, 2.24) is 9.96 Å². The molecule has 0 saturated carbocycles. The number of benzene rings is 2. The molecule has 0 N–H and O–H groups in total. The maximum absolute atomic E-state index is 12.3. The van der Waals surface area contributed by atoms with Gasteiger partial charge in [0.1, 0.15) is 12.4 Å². The van der Waals surface area contributed by atoms with Gasteiger partial charge in [-0.2, -0.15) is 0 Å². The molecule has 29 heavy (non-hydrogen) atoms. The normalized spacial score (nSPS) is 19.7. The number of amides is 1. The fourth-order valence-electron chi connectivity index (χ4n) is 4.08. The highest BCUT2D eigenvalue weighted by atomic mass is 16.7. The summed E-state index contributed by atoms with van der Waals surface area (Å²) in [5.41, 5.74) is 2.31. The van der Waals surface area contributed by atoms with Gasteiger partial charge in [0.15, 0.2) is 0 Å². The minimum atomic E-state index is -0.0468. The molecule has 0 radical (unpaired) electrons. The highest BCUT2D eigenvalue weighted by molar-refractivity contribution is 5.72. The zero-order chi connectivity index (χ0) is 20.6. The molecule has 2 atom stereocenters. The first-order chi connectivity index (χ1) is 14.1. The van der Waals surface area contributed by atoms with Crippen molar-refractivity contribution < 1.29 is 14.4 Å². The van der Waals surface area contributed by atoms with Gasteiger partial charge in [0.25, 0.3) is 0 Å². The van der Waals surface area contributed by atoms with Crippen molar-refractivity contribution in [2.45, 2.75) is 39.3 Å². The fraction of sp³-hybridized carbons (Fsp3) is 0.458. The number of carbonyl (C=O) groups is 1. The van der Waals surface area contributed by atoms with Crippen LogP contribution in [0.3, 0.4) is 0 Å². The lowest BCUT2D eigenvalue weighted by Gasteiger charge is -2.41. The van der Waals surface area contributed by atoms with Gasteiger partial charge >= 0.3 is 0 Å². The molecule has 1 aliphatic heterocycles. The van der Waals surface area contributed by atoms with Gasteiger partial charge in [-0.15, -0.1) is 0 Å². The third-order valence-corrected chi connectivity index (χ3v) is 5.67. The molecule has 0 bridgehead atoms. The zero-order valence-corrected chi connectivity index (χ0v) is 17.7. The van der Waals surface area contributed by atoms with E-state index in [1.54, 1.807) is 19.1 Å². The van der Waals surface area contributed by atoms with E-state index in [-0.39, 0.29) is 11.9 Å². The predicted molar refractivity (Wildman–Crippen MR) is 114 cm³/mol. The third kappa shape index (κ3) is 5.81. The average molecular weight is 397 g/mol. The second kappa shape index (κ2) is 10.4. The van der Waals surface area contributed by atoms with Gasteiger partial charge in [-0.05, 0) is 30.4 Å². The molecule has 3 rings (SSSR count). The number of hydroxylamine groups is 2. The zero-order valence-electron chi connectivity index (χ0n) is 17.7. The Morgan fingerprint density at radius 3 is 2.55 bits per heavy atom. The van der Waals surface area contributed by atoms with Gasteiger partial charge in [0.2, 0.25) is 5.91 Å². The molecule has 2 aromatic carbocycles. The second-order valence-electron chi connectivity index (χ2n) is 7.80. The Balaban J connectivity index is 1.55. The summed E-state index contributed by atoms with van der Waals surface area (Å²) in [5.74, 6) is 1.08. The predicted octanol–water partition coefficient (Wildman–Crippen LogP) is 3.93. The molecule has 1 amide bonds. The van der Waals surface area contributed by atoms with E-state index in [0.717, 1.165) is 43.8 Å². The largest absolute Gasteiger partial charge is 0.496 e. The molecule has 1 fully saturated rings. The van der Waals surface area contributed by atoms with E-state index in [9.17, 15) is 4.79 Å². The molecule has 5 nitrogen and oxygen atoms in total. The Bertz CT molecular complexity index is 781. The molecular formula is C24H32N2O3. The van der Waals surface area contributed by atoms with Gasteiger partial charge in [-0.1, -0.05) is 55.5 Å². The van der Waals surface area contributed by atoms with Crippen LogP contribution in [-0.2, 0) is 22.7 Å².